The van der Waals surface area contributed by atoms with Crippen LogP contribution in [0.4, 0.5) is 5.69 Å². The van der Waals surface area contributed by atoms with Crippen LogP contribution in [0.25, 0.3) is 11.0 Å². The Kier molecular flexibility index (Phi) is 11.5. The minimum absolute atomic E-state index is 0.0180. The number of ether oxygens (including phenoxy) is 1. The van der Waals surface area contributed by atoms with Gasteiger partial charge in [-0.15, -0.1) is 0 Å². The molecule has 1 amide bonds. The molecule has 0 radical (unpaired) electrons. The molecule has 15 nitrogen and oxygen atoms in total. The van der Waals surface area contributed by atoms with Crippen LogP contribution in [0.1, 0.15) is 75.7 Å². The Morgan fingerprint density at radius 1 is 1.12 bits per heavy atom. The third-order valence-corrected chi connectivity index (χ3v) is 13.6. The predicted molar refractivity (Wildman–Crippen MR) is 221 cm³/mol. The number of rotatable bonds is 15. The summed E-state index contributed by atoms with van der Waals surface area (Å²) in [5.74, 6) is 1.08. The number of nitrogens with one attached hydrogen (secondary N) is 1. The molecule has 1 aliphatic carbocycles. The van der Waals surface area contributed by atoms with Crippen LogP contribution in [-0.2, 0) is 27.4 Å². The second-order valence-electron chi connectivity index (χ2n) is 17.5. The Bertz CT molecular complexity index is 2270. The lowest BCUT2D eigenvalue weighted by atomic mass is 9.72. The molecule has 5 aliphatic rings. The van der Waals surface area contributed by atoms with Crippen LogP contribution in [0.2, 0.25) is 0 Å². The zero-order valence-corrected chi connectivity index (χ0v) is 34.2. The highest BCUT2D eigenvalue weighted by Gasteiger charge is 2.53. The zero-order valence-electron chi connectivity index (χ0n) is 34.2. The standard InChI is InChI=1S/C45H55N3O12/c1-4-33-30-12-16-46-32(30)22-48(33)37-39-27(18-31-34(51)17-25(2)58-40(31)37)19-36(43(3,59-39)15-11-28-21-47-42(55)44(28)13-5-6-14-44)60-57-24-45(56,41(54)38(53)35(52)23-49)20-26-7-9-29(50)10-8-26/h7-10,12,16-18,22,28,33,35-36,38,41,49-50,52-54,56H,4-6,11,13-15,19-21,23-24H2,1-3H3,(H,47,55). The van der Waals surface area contributed by atoms with Gasteiger partial charge in [0.05, 0.1) is 29.1 Å². The number of aryl methyl sites for hydroxylation is 1. The van der Waals surface area contributed by atoms with E-state index in [-0.39, 0.29) is 41.9 Å². The van der Waals surface area contributed by atoms with E-state index in [0.29, 0.717) is 58.7 Å². The number of aliphatic imine (C=N–C) groups is 1. The number of hydrogen-bond donors (Lipinski definition) is 7. The van der Waals surface area contributed by atoms with Gasteiger partial charge in [-0.1, -0.05) is 31.9 Å². The van der Waals surface area contributed by atoms with Crippen molar-refractivity contribution in [2.45, 2.75) is 120 Å². The third kappa shape index (κ3) is 7.44. The van der Waals surface area contributed by atoms with Crippen molar-refractivity contribution in [2.75, 3.05) is 24.7 Å². The summed E-state index contributed by atoms with van der Waals surface area (Å²) in [5.41, 5.74) is -0.133. The van der Waals surface area contributed by atoms with Gasteiger partial charge in [-0.3, -0.25) is 14.6 Å². The van der Waals surface area contributed by atoms with Gasteiger partial charge in [0.2, 0.25) is 5.91 Å². The van der Waals surface area contributed by atoms with Gasteiger partial charge in [-0.25, -0.2) is 9.78 Å². The summed E-state index contributed by atoms with van der Waals surface area (Å²) in [6.45, 7) is 4.70. The number of aromatic hydroxyl groups is 1. The Labute approximate surface area is 347 Å². The molecule has 15 heteroatoms. The first-order valence-electron chi connectivity index (χ1n) is 21.0. The maximum absolute atomic E-state index is 13.7. The lowest BCUT2D eigenvalue weighted by Gasteiger charge is -2.44. The molecule has 1 aromatic heterocycles. The average Bonchev–Trinajstić information content (AvgIpc) is 4.03. The average molecular weight is 830 g/mol. The van der Waals surface area contributed by atoms with Crippen molar-refractivity contribution in [3.05, 3.63) is 87.1 Å². The number of fused-ring (bicyclic) bond motifs is 3. The van der Waals surface area contributed by atoms with Gasteiger partial charge in [0, 0.05) is 49.0 Å². The molecule has 8 rings (SSSR count). The van der Waals surface area contributed by atoms with Crippen LogP contribution in [0.3, 0.4) is 0 Å². The van der Waals surface area contributed by atoms with Crippen molar-refractivity contribution in [3.8, 4) is 11.5 Å². The van der Waals surface area contributed by atoms with E-state index in [0.717, 1.165) is 43.4 Å². The molecule has 5 heterocycles. The summed E-state index contributed by atoms with van der Waals surface area (Å²) < 4.78 is 13.6. The number of phenolic OH excluding ortho intramolecular Hbond substituents is 1. The number of hydrogen-bond acceptors (Lipinski definition) is 14. The molecular weight excluding hydrogens is 775 g/mol. The molecule has 1 saturated carbocycles. The zero-order chi connectivity index (χ0) is 42.6. The van der Waals surface area contributed by atoms with E-state index in [2.05, 4.69) is 22.1 Å². The summed E-state index contributed by atoms with van der Waals surface area (Å²) in [4.78, 5) is 45.7. The molecule has 3 aromatic rings. The summed E-state index contributed by atoms with van der Waals surface area (Å²) in [7, 11) is 0. The number of nitrogens with zero attached hydrogens (tertiary/aromatic N) is 2. The molecule has 8 atom stereocenters. The van der Waals surface area contributed by atoms with Crippen molar-refractivity contribution in [1.82, 2.24) is 5.32 Å². The fraction of sp³-hybridized carbons (Fsp3) is 0.533. The Hall–Kier alpha value is -4.61. The van der Waals surface area contributed by atoms with Gasteiger partial charge in [0.15, 0.2) is 16.8 Å². The van der Waals surface area contributed by atoms with Gasteiger partial charge in [-0.05, 0) is 81.7 Å². The molecule has 7 N–H and O–H groups in total. The number of aliphatic hydroxyl groups excluding tert-OH is 4. The second-order valence-corrected chi connectivity index (χ2v) is 17.5. The first-order chi connectivity index (χ1) is 28.7. The first-order valence-corrected chi connectivity index (χ1v) is 21.0. The highest BCUT2D eigenvalue weighted by molar-refractivity contribution is 5.96. The number of phenols is 1. The molecule has 1 spiro atoms. The Balaban J connectivity index is 1.17. The number of amides is 1. The van der Waals surface area contributed by atoms with Gasteiger partial charge in [-0.2, -0.15) is 0 Å². The van der Waals surface area contributed by atoms with Crippen LogP contribution in [0.15, 0.2) is 74.1 Å². The van der Waals surface area contributed by atoms with Gasteiger partial charge >= 0.3 is 0 Å². The van der Waals surface area contributed by atoms with Crippen molar-refractivity contribution in [2.24, 2.45) is 16.3 Å². The van der Waals surface area contributed by atoms with Gasteiger partial charge < -0.3 is 50.0 Å². The maximum Gasteiger partial charge on any atom is 0.226 e. The number of carbonyl (C=O) groups is 1. The van der Waals surface area contributed by atoms with E-state index in [1.54, 1.807) is 19.2 Å². The number of aliphatic hydroxyl groups is 5. The number of allylic oxidation sites excluding steroid dienone is 1. The summed E-state index contributed by atoms with van der Waals surface area (Å²) >= 11 is 0. The molecule has 2 aromatic carbocycles. The Morgan fingerprint density at radius 2 is 1.87 bits per heavy atom. The predicted octanol–water partition coefficient (Wildman–Crippen LogP) is 3.40. The Morgan fingerprint density at radius 3 is 2.58 bits per heavy atom. The number of anilines is 1. The van der Waals surface area contributed by atoms with E-state index in [1.165, 1.54) is 30.3 Å². The van der Waals surface area contributed by atoms with Crippen LogP contribution in [0, 0.1) is 18.3 Å². The number of carbonyl (C=O) groups excluding carboxylic acids is 1. The normalized spacial score (nSPS) is 26.6. The first kappa shape index (κ1) is 42.1. The minimum atomic E-state index is -2.27. The fourth-order valence-corrected chi connectivity index (χ4v) is 10.1. The second kappa shape index (κ2) is 16.3. The smallest absolute Gasteiger partial charge is 0.226 e. The van der Waals surface area contributed by atoms with Crippen molar-refractivity contribution < 1.29 is 54.4 Å². The van der Waals surface area contributed by atoms with Crippen LogP contribution >= 0.6 is 0 Å². The van der Waals surface area contributed by atoms with E-state index < -0.39 is 54.2 Å². The molecule has 2 fully saturated rings. The molecule has 60 heavy (non-hydrogen) atoms. The van der Waals surface area contributed by atoms with Gasteiger partial charge in [0.25, 0.3) is 0 Å². The summed E-state index contributed by atoms with van der Waals surface area (Å²) in [5, 5.41) is 67.0. The van der Waals surface area contributed by atoms with E-state index >= 15 is 0 Å². The van der Waals surface area contributed by atoms with Crippen LogP contribution in [-0.4, -0.2) is 104 Å². The van der Waals surface area contributed by atoms with E-state index in [4.69, 9.17) is 18.9 Å². The molecule has 1 saturated heterocycles. The lowest BCUT2D eigenvalue weighted by Crippen LogP contribution is -2.58. The highest BCUT2D eigenvalue weighted by atomic mass is 17.2. The molecule has 322 valence electrons. The molecule has 8 unspecified atom stereocenters. The molecule has 4 aliphatic heterocycles. The monoisotopic (exact) mass is 829 g/mol. The van der Waals surface area contributed by atoms with Crippen LogP contribution < -0.4 is 20.4 Å². The molecular formula is C45H55N3O12. The SMILES string of the molecule is CCC1C2=CC=NC2=CN1c1c2c(cc3c(=O)cc(C)oc13)CC(OOCC(O)(Cc1ccc(O)cc1)C(O)C(O)C(O)CO)C(C)(CCC1CNC(=O)C13CCCC3)O2. The van der Waals surface area contributed by atoms with Crippen LogP contribution in [0.5, 0.6) is 11.5 Å². The molecule has 0 bridgehead atoms. The summed E-state index contributed by atoms with van der Waals surface area (Å²) in [6.07, 6.45) is 4.36. The van der Waals surface area contributed by atoms with Crippen molar-refractivity contribution in [3.63, 3.8) is 0 Å². The van der Waals surface area contributed by atoms with Crippen molar-refractivity contribution in [1.29, 1.82) is 0 Å². The lowest BCUT2D eigenvalue weighted by molar-refractivity contribution is -0.371. The third-order valence-electron chi connectivity index (χ3n) is 13.6. The minimum Gasteiger partial charge on any atom is -0.508 e. The topological polar surface area (TPSA) is 224 Å². The highest BCUT2D eigenvalue weighted by Crippen LogP contribution is 2.53. The maximum atomic E-state index is 13.7. The van der Waals surface area contributed by atoms with E-state index in [9.17, 15) is 40.2 Å². The van der Waals surface area contributed by atoms with E-state index in [1.807, 2.05) is 19.2 Å². The van der Waals surface area contributed by atoms with Crippen molar-refractivity contribution >= 4 is 28.8 Å². The fourth-order valence-electron chi connectivity index (χ4n) is 10.1. The summed E-state index contributed by atoms with van der Waals surface area (Å²) in [6, 6.07) is 8.95. The van der Waals surface area contributed by atoms with Gasteiger partial charge in [0.1, 0.15) is 59.4 Å². The number of benzene rings is 2. The largest absolute Gasteiger partial charge is 0.508 e. The quantitative estimate of drug-likeness (QED) is 0.0863.